The summed E-state index contributed by atoms with van der Waals surface area (Å²) in [7, 11) is 0. The fraction of sp³-hybridized carbons (Fsp3) is 0.235. The number of benzene rings is 2. The number of carbonyl (C=O) groups is 1. The summed E-state index contributed by atoms with van der Waals surface area (Å²) in [4.78, 5) is 12.3. The molecule has 0 aliphatic heterocycles. The zero-order chi connectivity index (χ0) is 15.2. The molecule has 0 atom stereocenters. The highest BCUT2D eigenvalue weighted by atomic mass is 16.5. The number of ether oxygens (including phenoxy) is 1. The highest BCUT2D eigenvalue weighted by Crippen LogP contribution is 2.19. The van der Waals surface area contributed by atoms with E-state index in [1.807, 2.05) is 32.0 Å². The molecule has 2 rings (SSSR count). The van der Waals surface area contributed by atoms with Crippen LogP contribution >= 0.6 is 0 Å². The maximum atomic E-state index is 12.3. The van der Waals surface area contributed by atoms with E-state index in [1.54, 1.807) is 30.3 Å². The molecular weight excluding hydrogens is 266 g/mol. The van der Waals surface area contributed by atoms with Crippen LogP contribution in [0, 0.1) is 0 Å². The van der Waals surface area contributed by atoms with Crippen molar-refractivity contribution in [2.75, 3.05) is 5.32 Å². The van der Waals surface area contributed by atoms with Crippen LogP contribution in [0.5, 0.6) is 5.75 Å². The molecule has 0 aliphatic rings. The summed E-state index contributed by atoms with van der Waals surface area (Å²) in [6.07, 6.45) is 0.0541. The molecule has 0 heterocycles. The minimum absolute atomic E-state index is 0.0541. The first-order chi connectivity index (χ1) is 10.1. The highest BCUT2D eigenvalue weighted by Gasteiger charge is 2.10. The van der Waals surface area contributed by atoms with Gasteiger partial charge in [-0.15, -0.1) is 0 Å². The SMILES string of the molecule is CC(C)Oc1cccc(C(=O)Nc2ccccc2CO)c1. The smallest absolute Gasteiger partial charge is 0.255 e. The van der Waals surface area contributed by atoms with E-state index < -0.39 is 0 Å². The Balaban J connectivity index is 2.16. The molecule has 0 aromatic heterocycles. The average Bonchev–Trinajstić information content (AvgIpc) is 2.47. The molecule has 4 nitrogen and oxygen atoms in total. The Kier molecular flexibility index (Phi) is 4.95. The van der Waals surface area contributed by atoms with E-state index >= 15 is 0 Å². The molecule has 1 amide bonds. The summed E-state index contributed by atoms with van der Waals surface area (Å²) in [5.41, 5.74) is 1.81. The van der Waals surface area contributed by atoms with Gasteiger partial charge < -0.3 is 15.2 Å². The number of anilines is 1. The Morgan fingerprint density at radius 3 is 2.67 bits per heavy atom. The number of para-hydroxylation sites is 1. The number of carbonyl (C=O) groups excluding carboxylic acids is 1. The van der Waals surface area contributed by atoms with Crippen LogP contribution in [-0.4, -0.2) is 17.1 Å². The molecule has 110 valence electrons. The fourth-order valence-electron chi connectivity index (χ4n) is 1.96. The van der Waals surface area contributed by atoms with E-state index in [0.717, 1.165) is 0 Å². The minimum Gasteiger partial charge on any atom is -0.491 e. The van der Waals surface area contributed by atoms with Gasteiger partial charge in [0.2, 0.25) is 0 Å². The van der Waals surface area contributed by atoms with Gasteiger partial charge in [-0.05, 0) is 38.1 Å². The number of nitrogens with one attached hydrogen (secondary N) is 1. The van der Waals surface area contributed by atoms with Gasteiger partial charge in [0.25, 0.3) is 5.91 Å². The number of amides is 1. The minimum atomic E-state index is -0.231. The normalized spacial score (nSPS) is 10.5. The third-order valence-electron chi connectivity index (χ3n) is 2.90. The zero-order valence-electron chi connectivity index (χ0n) is 12.2. The predicted molar refractivity (Wildman–Crippen MR) is 82.5 cm³/mol. The largest absolute Gasteiger partial charge is 0.491 e. The van der Waals surface area contributed by atoms with Gasteiger partial charge in [-0.2, -0.15) is 0 Å². The summed E-state index contributed by atoms with van der Waals surface area (Å²) >= 11 is 0. The first-order valence-corrected chi connectivity index (χ1v) is 6.87. The lowest BCUT2D eigenvalue weighted by molar-refractivity contribution is 0.102. The van der Waals surface area contributed by atoms with Gasteiger partial charge >= 0.3 is 0 Å². The van der Waals surface area contributed by atoms with E-state index in [4.69, 9.17) is 4.74 Å². The Hall–Kier alpha value is -2.33. The highest BCUT2D eigenvalue weighted by molar-refractivity contribution is 6.04. The van der Waals surface area contributed by atoms with Gasteiger partial charge in [-0.25, -0.2) is 0 Å². The monoisotopic (exact) mass is 285 g/mol. The van der Waals surface area contributed by atoms with Crippen LogP contribution in [0.1, 0.15) is 29.8 Å². The van der Waals surface area contributed by atoms with E-state index in [1.165, 1.54) is 0 Å². The van der Waals surface area contributed by atoms with Crippen LogP contribution in [0.3, 0.4) is 0 Å². The lowest BCUT2D eigenvalue weighted by Gasteiger charge is -2.12. The fourth-order valence-corrected chi connectivity index (χ4v) is 1.96. The van der Waals surface area contributed by atoms with Crippen LogP contribution in [0.25, 0.3) is 0 Å². The van der Waals surface area contributed by atoms with Crippen molar-refractivity contribution in [3.8, 4) is 5.75 Å². The summed E-state index contributed by atoms with van der Waals surface area (Å²) < 4.78 is 5.58. The molecule has 0 saturated heterocycles. The molecule has 0 bridgehead atoms. The first-order valence-electron chi connectivity index (χ1n) is 6.87. The van der Waals surface area contributed by atoms with Crippen molar-refractivity contribution in [1.82, 2.24) is 0 Å². The Labute approximate surface area is 124 Å². The van der Waals surface area contributed by atoms with Crippen molar-refractivity contribution in [3.63, 3.8) is 0 Å². The average molecular weight is 285 g/mol. The van der Waals surface area contributed by atoms with Crippen molar-refractivity contribution in [3.05, 3.63) is 59.7 Å². The molecule has 21 heavy (non-hydrogen) atoms. The molecule has 2 N–H and O–H groups in total. The molecule has 4 heteroatoms. The molecular formula is C17H19NO3. The Bertz CT molecular complexity index is 623. The number of rotatable bonds is 5. The van der Waals surface area contributed by atoms with Crippen LogP contribution in [0.15, 0.2) is 48.5 Å². The molecule has 2 aromatic rings. The molecule has 2 aromatic carbocycles. The quantitative estimate of drug-likeness (QED) is 0.886. The molecule has 0 unspecified atom stereocenters. The second-order valence-electron chi connectivity index (χ2n) is 4.96. The zero-order valence-corrected chi connectivity index (χ0v) is 12.2. The second-order valence-corrected chi connectivity index (χ2v) is 4.96. The number of hydrogen-bond donors (Lipinski definition) is 2. The summed E-state index contributed by atoms with van der Waals surface area (Å²) in [5.74, 6) is 0.429. The lowest BCUT2D eigenvalue weighted by atomic mass is 10.1. The topological polar surface area (TPSA) is 58.6 Å². The number of aliphatic hydroxyl groups excluding tert-OH is 1. The standard InChI is InChI=1S/C17H19NO3/c1-12(2)21-15-8-5-7-13(10-15)17(20)18-16-9-4-3-6-14(16)11-19/h3-10,12,19H,11H2,1-2H3,(H,18,20). The first kappa shape index (κ1) is 15.1. The third kappa shape index (κ3) is 4.07. The Morgan fingerprint density at radius 1 is 1.19 bits per heavy atom. The summed E-state index contributed by atoms with van der Waals surface area (Å²) in [6.45, 7) is 3.75. The van der Waals surface area contributed by atoms with Gasteiger partial charge in [-0.3, -0.25) is 4.79 Å². The third-order valence-corrected chi connectivity index (χ3v) is 2.90. The number of aliphatic hydroxyl groups is 1. The van der Waals surface area contributed by atoms with Gasteiger partial charge in [0.15, 0.2) is 0 Å². The maximum absolute atomic E-state index is 12.3. The van der Waals surface area contributed by atoms with Crippen molar-refractivity contribution >= 4 is 11.6 Å². The maximum Gasteiger partial charge on any atom is 0.255 e. The van der Waals surface area contributed by atoms with Crippen molar-refractivity contribution in [2.45, 2.75) is 26.6 Å². The second kappa shape index (κ2) is 6.90. The summed E-state index contributed by atoms with van der Waals surface area (Å²) in [5, 5.41) is 12.1. The number of hydrogen-bond acceptors (Lipinski definition) is 3. The van der Waals surface area contributed by atoms with Crippen molar-refractivity contribution < 1.29 is 14.6 Å². The Morgan fingerprint density at radius 2 is 1.95 bits per heavy atom. The van der Waals surface area contributed by atoms with Crippen LogP contribution < -0.4 is 10.1 Å². The van der Waals surface area contributed by atoms with Crippen molar-refractivity contribution in [1.29, 1.82) is 0 Å². The van der Waals surface area contributed by atoms with Crippen LogP contribution in [-0.2, 0) is 6.61 Å². The van der Waals surface area contributed by atoms with Crippen LogP contribution in [0.2, 0.25) is 0 Å². The molecule has 0 spiro atoms. The van der Waals surface area contributed by atoms with Gasteiger partial charge in [0.1, 0.15) is 5.75 Å². The van der Waals surface area contributed by atoms with Crippen molar-refractivity contribution in [2.24, 2.45) is 0 Å². The molecule has 0 fully saturated rings. The van der Waals surface area contributed by atoms with E-state index in [0.29, 0.717) is 22.6 Å². The van der Waals surface area contributed by atoms with Gasteiger partial charge in [0, 0.05) is 16.8 Å². The lowest BCUT2D eigenvalue weighted by Crippen LogP contribution is -2.14. The van der Waals surface area contributed by atoms with Crippen LogP contribution in [0.4, 0.5) is 5.69 Å². The van der Waals surface area contributed by atoms with Gasteiger partial charge in [0.05, 0.1) is 12.7 Å². The molecule has 0 radical (unpaired) electrons. The van der Waals surface area contributed by atoms with E-state index in [2.05, 4.69) is 5.32 Å². The predicted octanol–water partition coefficient (Wildman–Crippen LogP) is 3.22. The van der Waals surface area contributed by atoms with E-state index in [-0.39, 0.29) is 18.6 Å². The molecule has 0 aliphatic carbocycles. The van der Waals surface area contributed by atoms with Gasteiger partial charge in [-0.1, -0.05) is 24.3 Å². The summed E-state index contributed by atoms with van der Waals surface area (Å²) in [6, 6.07) is 14.2. The van der Waals surface area contributed by atoms with E-state index in [9.17, 15) is 9.90 Å². The molecule has 0 saturated carbocycles.